The van der Waals surface area contributed by atoms with Gasteiger partial charge in [-0.1, -0.05) is 19.6 Å². The minimum absolute atomic E-state index is 0.708. The minimum atomic E-state index is -1.16. The molecule has 0 aromatic carbocycles. The molecule has 0 fully saturated rings. The predicted molar refractivity (Wildman–Crippen MR) is 46.9 cm³/mol. The highest BCUT2D eigenvalue weighted by atomic mass is 28.3. The van der Waals surface area contributed by atoms with Crippen molar-refractivity contribution in [2.75, 3.05) is 0 Å². The van der Waals surface area contributed by atoms with E-state index in [4.69, 9.17) is 0 Å². The van der Waals surface area contributed by atoms with Gasteiger partial charge in [0.2, 0.25) is 0 Å². The Balaban J connectivity index is 2.81. The molecule has 0 aliphatic heterocycles. The normalized spacial score (nSPS) is 20.3. The predicted octanol–water partition coefficient (Wildman–Crippen LogP) is 2.86. The van der Waals surface area contributed by atoms with Crippen LogP contribution in [0.15, 0.2) is 11.0 Å². The third-order valence-corrected chi connectivity index (χ3v) is 4.44. The third kappa shape index (κ3) is 1.43. The Morgan fingerprint density at radius 1 is 1.20 bits per heavy atom. The number of aliphatic hydroxyl groups excluding tert-OH is 1. The molecule has 0 radical (unpaired) electrons. The molecule has 58 valence electrons. The van der Waals surface area contributed by atoms with Crippen molar-refractivity contribution in [3.63, 3.8) is 0 Å². The fourth-order valence-corrected chi connectivity index (χ4v) is 3.45. The molecule has 0 aromatic rings. The highest BCUT2D eigenvalue weighted by Crippen LogP contribution is 2.30. The first-order valence-electron chi connectivity index (χ1n) is 3.93. The summed E-state index contributed by atoms with van der Waals surface area (Å²) in [7, 11) is -1.16. The summed E-state index contributed by atoms with van der Waals surface area (Å²) in [5.41, 5.74) is 0. The number of hydrogen-bond donors (Lipinski definition) is 1. The molecule has 0 aromatic heterocycles. The van der Waals surface area contributed by atoms with Crippen LogP contribution in [0.1, 0.15) is 19.3 Å². The summed E-state index contributed by atoms with van der Waals surface area (Å²) >= 11 is 0. The van der Waals surface area contributed by atoms with Gasteiger partial charge in [-0.3, -0.25) is 0 Å². The maximum absolute atomic E-state index is 9.44. The van der Waals surface area contributed by atoms with E-state index in [0.717, 1.165) is 12.8 Å². The third-order valence-electron chi connectivity index (χ3n) is 2.09. The molecule has 1 N–H and O–H groups in total. The zero-order valence-corrected chi connectivity index (χ0v) is 8.07. The zero-order valence-electron chi connectivity index (χ0n) is 7.07. The highest BCUT2D eigenvalue weighted by molar-refractivity contribution is 6.83. The number of aliphatic hydroxyl groups is 1. The van der Waals surface area contributed by atoms with Gasteiger partial charge in [-0.05, 0) is 18.0 Å². The van der Waals surface area contributed by atoms with Gasteiger partial charge in [-0.15, -0.1) is 0 Å². The number of rotatable bonds is 1. The smallest absolute Gasteiger partial charge is 0.0876 e. The maximum Gasteiger partial charge on any atom is 0.0876 e. The lowest BCUT2D eigenvalue weighted by atomic mass is 10.4. The monoisotopic (exact) mass is 156 g/mol. The lowest BCUT2D eigenvalue weighted by molar-refractivity contribution is 0.395. The standard InChI is InChI=1S/C8H16OSi/c1-10(2,3)8-6-4-5-7(8)9/h9H,4-6H2,1-3H3. The first-order chi connectivity index (χ1) is 4.52. The van der Waals surface area contributed by atoms with Crippen LogP contribution in [0.4, 0.5) is 0 Å². The van der Waals surface area contributed by atoms with E-state index in [-0.39, 0.29) is 0 Å². The van der Waals surface area contributed by atoms with E-state index in [2.05, 4.69) is 19.6 Å². The van der Waals surface area contributed by atoms with E-state index < -0.39 is 8.07 Å². The molecule has 0 atom stereocenters. The molecule has 1 aliphatic rings. The van der Waals surface area contributed by atoms with Crippen LogP contribution in [-0.4, -0.2) is 13.2 Å². The SMILES string of the molecule is C[Si](C)(C)C1=C(O)CCC1. The van der Waals surface area contributed by atoms with Crippen molar-refractivity contribution in [3.8, 4) is 0 Å². The lowest BCUT2D eigenvalue weighted by Crippen LogP contribution is -2.23. The van der Waals surface area contributed by atoms with Crippen molar-refractivity contribution in [1.29, 1.82) is 0 Å². The molecule has 0 bridgehead atoms. The van der Waals surface area contributed by atoms with Crippen molar-refractivity contribution in [2.24, 2.45) is 0 Å². The summed E-state index contributed by atoms with van der Waals surface area (Å²) in [6.45, 7) is 6.89. The van der Waals surface area contributed by atoms with Gasteiger partial charge in [0.15, 0.2) is 0 Å². The van der Waals surface area contributed by atoms with Crippen LogP contribution < -0.4 is 0 Å². The van der Waals surface area contributed by atoms with Crippen molar-refractivity contribution in [1.82, 2.24) is 0 Å². The van der Waals surface area contributed by atoms with Crippen molar-refractivity contribution < 1.29 is 5.11 Å². The molecular formula is C8H16OSi. The number of allylic oxidation sites excluding steroid dienone is 2. The van der Waals surface area contributed by atoms with Gasteiger partial charge in [0.25, 0.3) is 0 Å². The van der Waals surface area contributed by atoms with E-state index in [1.165, 1.54) is 11.6 Å². The van der Waals surface area contributed by atoms with Crippen molar-refractivity contribution in [2.45, 2.75) is 38.9 Å². The molecule has 0 unspecified atom stereocenters. The van der Waals surface area contributed by atoms with Crippen molar-refractivity contribution >= 4 is 8.07 Å². The van der Waals surface area contributed by atoms with E-state index in [0.29, 0.717) is 5.76 Å². The molecule has 1 nitrogen and oxygen atoms in total. The van der Waals surface area contributed by atoms with E-state index in [1.54, 1.807) is 0 Å². The summed E-state index contributed by atoms with van der Waals surface area (Å²) in [5.74, 6) is 0.708. The van der Waals surface area contributed by atoms with Gasteiger partial charge in [-0.2, -0.15) is 0 Å². The van der Waals surface area contributed by atoms with Crippen LogP contribution in [0.3, 0.4) is 0 Å². The van der Waals surface area contributed by atoms with Crippen LogP contribution in [0.2, 0.25) is 19.6 Å². The van der Waals surface area contributed by atoms with Crippen LogP contribution in [0.25, 0.3) is 0 Å². The van der Waals surface area contributed by atoms with Gasteiger partial charge in [0.05, 0.1) is 13.8 Å². The zero-order chi connectivity index (χ0) is 7.78. The van der Waals surface area contributed by atoms with Gasteiger partial charge in [0, 0.05) is 6.42 Å². The topological polar surface area (TPSA) is 20.2 Å². The summed E-state index contributed by atoms with van der Waals surface area (Å²) < 4.78 is 0. The Morgan fingerprint density at radius 3 is 2.00 bits per heavy atom. The molecule has 10 heavy (non-hydrogen) atoms. The Labute approximate surface area is 63.8 Å². The highest BCUT2D eigenvalue weighted by Gasteiger charge is 2.26. The second-order valence-electron chi connectivity index (χ2n) is 4.03. The van der Waals surface area contributed by atoms with Gasteiger partial charge in [-0.25, -0.2) is 0 Å². The first-order valence-corrected chi connectivity index (χ1v) is 7.43. The minimum Gasteiger partial charge on any atom is -0.513 e. The average Bonchev–Trinajstić information content (AvgIpc) is 2.11. The molecular weight excluding hydrogens is 140 g/mol. The average molecular weight is 156 g/mol. The quantitative estimate of drug-likeness (QED) is 0.579. The summed E-state index contributed by atoms with van der Waals surface area (Å²) in [4.78, 5) is 0. The Kier molecular flexibility index (Phi) is 1.90. The molecule has 2 heteroatoms. The van der Waals surface area contributed by atoms with Gasteiger partial charge >= 0.3 is 0 Å². The lowest BCUT2D eigenvalue weighted by Gasteiger charge is -2.17. The van der Waals surface area contributed by atoms with Gasteiger partial charge < -0.3 is 5.11 Å². The summed E-state index contributed by atoms with van der Waals surface area (Å²) in [5, 5.41) is 10.8. The van der Waals surface area contributed by atoms with Crippen LogP contribution in [-0.2, 0) is 0 Å². The fraction of sp³-hybridized carbons (Fsp3) is 0.750. The molecule has 0 spiro atoms. The molecule has 0 saturated carbocycles. The number of hydrogen-bond acceptors (Lipinski definition) is 1. The second-order valence-corrected chi connectivity index (χ2v) is 9.13. The summed E-state index contributed by atoms with van der Waals surface area (Å²) in [6, 6.07) is 0. The maximum atomic E-state index is 9.44. The Bertz CT molecular complexity index is 165. The fourth-order valence-electron chi connectivity index (χ4n) is 1.54. The second kappa shape index (κ2) is 2.42. The van der Waals surface area contributed by atoms with Gasteiger partial charge in [0.1, 0.15) is 0 Å². The van der Waals surface area contributed by atoms with E-state index >= 15 is 0 Å². The largest absolute Gasteiger partial charge is 0.513 e. The first kappa shape index (κ1) is 7.86. The summed E-state index contributed by atoms with van der Waals surface area (Å²) in [6.07, 6.45) is 3.26. The molecule has 0 heterocycles. The Hall–Kier alpha value is -0.243. The van der Waals surface area contributed by atoms with Crippen molar-refractivity contribution in [3.05, 3.63) is 11.0 Å². The van der Waals surface area contributed by atoms with Crippen LogP contribution in [0.5, 0.6) is 0 Å². The molecule has 0 saturated heterocycles. The van der Waals surface area contributed by atoms with Crippen LogP contribution in [0, 0.1) is 0 Å². The molecule has 0 amide bonds. The van der Waals surface area contributed by atoms with E-state index in [1.807, 2.05) is 0 Å². The van der Waals surface area contributed by atoms with E-state index in [9.17, 15) is 5.11 Å². The Morgan fingerprint density at radius 2 is 1.80 bits per heavy atom. The molecule has 1 rings (SSSR count). The van der Waals surface area contributed by atoms with Crippen LogP contribution >= 0.6 is 0 Å². The molecule has 1 aliphatic carbocycles.